The molecule has 6 heteroatoms. The molecule has 1 amide bonds. The number of piperidine rings is 2. The molecule has 2 aliphatic heterocycles. The average molecular weight is 484 g/mol. The van der Waals surface area contributed by atoms with E-state index >= 15 is 0 Å². The standard InChI is InChI=1S/C28H34ClNO4/c1-2-17-6-10-23(11-7-17)34-25-13-9-18-14-19(8-12-24(18)26(25)29)27(31)30-21-4-3-5-22(30)16-20(15-21)28(32)33/h8-9,12-14,17,20-23H,2-7,10-11,15-16H2,1H3,(H,32,33)/t17-,20?,21?,22?,23+. The largest absolute Gasteiger partial charge is 0.489 e. The molecule has 1 saturated carbocycles. The maximum absolute atomic E-state index is 13.5. The quantitative estimate of drug-likeness (QED) is 0.513. The van der Waals surface area contributed by atoms with Gasteiger partial charge in [0.15, 0.2) is 0 Å². The van der Waals surface area contributed by atoms with Crippen molar-refractivity contribution in [1.29, 1.82) is 0 Å². The van der Waals surface area contributed by atoms with Crippen molar-refractivity contribution < 1.29 is 19.4 Å². The fourth-order valence-corrected chi connectivity index (χ4v) is 6.68. The summed E-state index contributed by atoms with van der Waals surface area (Å²) in [6.07, 6.45) is 9.95. The zero-order chi connectivity index (χ0) is 23.8. The predicted molar refractivity (Wildman–Crippen MR) is 134 cm³/mol. The number of ether oxygens (including phenoxy) is 1. The third kappa shape index (κ3) is 4.51. The number of carboxylic acids is 1. The molecule has 182 valence electrons. The van der Waals surface area contributed by atoms with Crippen molar-refractivity contribution in [3.05, 3.63) is 40.9 Å². The zero-order valence-electron chi connectivity index (χ0n) is 19.8. The van der Waals surface area contributed by atoms with E-state index < -0.39 is 5.97 Å². The normalized spacial score (nSPS) is 29.1. The fraction of sp³-hybridized carbons (Fsp3) is 0.571. The maximum Gasteiger partial charge on any atom is 0.306 e. The van der Waals surface area contributed by atoms with Gasteiger partial charge in [-0.15, -0.1) is 0 Å². The first kappa shape index (κ1) is 23.5. The molecule has 1 aliphatic carbocycles. The fourth-order valence-electron chi connectivity index (χ4n) is 6.40. The van der Waals surface area contributed by atoms with E-state index in [0.717, 1.165) is 54.5 Å². The first-order valence-corrected chi connectivity index (χ1v) is 13.3. The molecule has 3 fully saturated rings. The summed E-state index contributed by atoms with van der Waals surface area (Å²) < 4.78 is 6.28. The second kappa shape index (κ2) is 9.77. The summed E-state index contributed by atoms with van der Waals surface area (Å²) in [6, 6.07) is 9.63. The average Bonchev–Trinajstić information content (AvgIpc) is 2.84. The number of nitrogens with zero attached hydrogens (tertiary/aromatic N) is 1. The Bertz CT molecular complexity index is 1060. The lowest BCUT2D eigenvalue weighted by Gasteiger charge is -2.48. The third-order valence-corrected chi connectivity index (χ3v) is 8.78. The van der Waals surface area contributed by atoms with Crippen LogP contribution in [0.2, 0.25) is 5.02 Å². The van der Waals surface area contributed by atoms with Gasteiger partial charge in [-0.3, -0.25) is 9.59 Å². The van der Waals surface area contributed by atoms with E-state index in [4.69, 9.17) is 16.3 Å². The molecule has 34 heavy (non-hydrogen) atoms. The van der Waals surface area contributed by atoms with Crippen molar-refractivity contribution in [2.24, 2.45) is 11.8 Å². The Morgan fingerprint density at radius 3 is 2.38 bits per heavy atom. The van der Waals surface area contributed by atoms with Crippen molar-refractivity contribution in [2.75, 3.05) is 0 Å². The van der Waals surface area contributed by atoms with Crippen molar-refractivity contribution in [1.82, 2.24) is 4.90 Å². The lowest BCUT2D eigenvalue weighted by atomic mass is 9.78. The minimum atomic E-state index is -0.735. The van der Waals surface area contributed by atoms with Gasteiger partial charge in [0.2, 0.25) is 0 Å². The van der Waals surface area contributed by atoms with Gasteiger partial charge in [0.1, 0.15) is 5.75 Å². The maximum atomic E-state index is 13.5. The molecular formula is C28H34ClNO4. The second-order valence-electron chi connectivity index (χ2n) is 10.4. The number of rotatable bonds is 5. The Balaban J connectivity index is 1.34. The molecule has 5 nitrogen and oxygen atoms in total. The molecule has 0 spiro atoms. The van der Waals surface area contributed by atoms with E-state index in [9.17, 15) is 14.7 Å². The third-order valence-electron chi connectivity index (χ3n) is 8.39. The molecule has 0 aromatic heterocycles. The number of hydrogen-bond acceptors (Lipinski definition) is 3. The number of benzene rings is 2. The van der Waals surface area contributed by atoms with Crippen molar-refractivity contribution in [3.63, 3.8) is 0 Å². The molecule has 2 unspecified atom stereocenters. The van der Waals surface area contributed by atoms with Gasteiger partial charge in [0, 0.05) is 23.0 Å². The Hall–Kier alpha value is -2.27. The molecule has 2 aromatic rings. The Morgan fingerprint density at radius 2 is 1.74 bits per heavy atom. The molecule has 5 rings (SSSR count). The minimum absolute atomic E-state index is 0.00423. The van der Waals surface area contributed by atoms with Crippen molar-refractivity contribution >= 4 is 34.2 Å². The Labute approximate surface area is 206 Å². The number of carbonyl (C=O) groups is 2. The Morgan fingerprint density at radius 1 is 1.03 bits per heavy atom. The predicted octanol–water partition coefficient (Wildman–Crippen LogP) is 6.70. The molecular weight excluding hydrogens is 450 g/mol. The summed E-state index contributed by atoms with van der Waals surface area (Å²) >= 11 is 6.75. The first-order chi connectivity index (χ1) is 16.4. The smallest absolute Gasteiger partial charge is 0.306 e. The number of amides is 1. The summed E-state index contributed by atoms with van der Waals surface area (Å²) in [4.78, 5) is 27.1. The van der Waals surface area contributed by atoms with Gasteiger partial charge < -0.3 is 14.7 Å². The number of aliphatic carboxylic acids is 1. The molecule has 3 aliphatic rings. The van der Waals surface area contributed by atoms with Gasteiger partial charge in [0.05, 0.1) is 17.0 Å². The molecule has 2 heterocycles. The van der Waals surface area contributed by atoms with Crippen LogP contribution in [0.5, 0.6) is 5.75 Å². The highest BCUT2D eigenvalue weighted by Gasteiger charge is 2.43. The number of hydrogen-bond donors (Lipinski definition) is 1. The topological polar surface area (TPSA) is 66.8 Å². The van der Waals surface area contributed by atoms with Crippen LogP contribution in [-0.4, -0.2) is 40.1 Å². The second-order valence-corrected chi connectivity index (χ2v) is 10.8. The molecule has 0 radical (unpaired) electrons. The zero-order valence-corrected chi connectivity index (χ0v) is 20.6. The number of fused-ring (bicyclic) bond motifs is 3. The van der Waals surface area contributed by atoms with Crippen LogP contribution < -0.4 is 4.74 Å². The lowest BCUT2D eigenvalue weighted by Crippen LogP contribution is -2.55. The first-order valence-electron chi connectivity index (χ1n) is 12.9. The van der Waals surface area contributed by atoms with Crippen molar-refractivity contribution in [2.45, 2.75) is 89.3 Å². The van der Waals surface area contributed by atoms with Crippen LogP contribution in [0.15, 0.2) is 30.3 Å². The van der Waals surface area contributed by atoms with E-state index in [1.165, 1.54) is 19.3 Å². The van der Waals surface area contributed by atoms with Crippen LogP contribution in [0, 0.1) is 11.8 Å². The number of halogens is 1. The monoisotopic (exact) mass is 483 g/mol. The number of carboxylic acid groups (broad SMARTS) is 1. The van der Waals surface area contributed by atoms with E-state index in [0.29, 0.717) is 23.4 Å². The molecule has 2 atom stereocenters. The van der Waals surface area contributed by atoms with E-state index in [1.54, 1.807) is 0 Å². The number of carbonyl (C=O) groups excluding carboxylic acids is 1. The van der Waals surface area contributed by atoms with E-state index in [-0.39, 0.29) is 30.0 Å². The minimum Gasteiger partial charge on any atom is -0.489 e. The molecule has 2 saturated heterocycles. The van der Waals surface area contributed by atoms with Gasteiger partial charge in [-0.25, -0.2) is 0 Å². The highest BCUT2D eigenvalue weighted by atomic mass is 35.5. The lowest BCUT2D eigenvalue weighted by molar-refractivity contribution is -0.145. The van der Waals surface area contributed by atoms with Gasteiger partial charge in [0.25, 0.3) is 5.91 Å². The van der Waals surface area contributed by atoms with Gasteiger partial charge in [-0.05, 0) is 87.3 Å². The molecule has 1 N–H and O–H groups in total. The molecule has 2 aromatic carbocycles. The van der Waals surface area contributed by atoms with Crippen LogP contribution in [-0.2, 0) is 4.79 Å². The van der Waals surface area contributed by atoms with Gasteiger partial charge >= 0.3 is 5.97 Å². The van der Waals surface area contributed by atoms with E-state index in [2.05, 4.69) is 6.92 Å². The van der Waals surface area contributed by atoms with Crippen molar-refractivity contribution in [3.8, 4) is 5.75 Å². The van der Waals surface area contributed by atoms with Crippen LogP contribution in [0.1, 0.15) is 81.5 Å². The van der Waals surface area contributed by atoms with Crippen LogP contribution in [0.25, 0.3) is 10.8 Å². The summed E-state index contributed by atoms with van der Waals surface area (Å²) in [6.45, 7) is 2.26. The summed E-state index contributed by atoms with van der Waals surface area (Å²) in [5.41, 5.74) is 0.640. The van der Waals surface area contributed by atoms with Crippen LogP contribution in [0.4, 0.5) is 0 Å². The highest BCUT2D eigenvalue weighted by molar-refractivity contribution is 6.37. The van der Waals surface area contributed by atoms with Gasteiger partial charge in [-0.1, -0.05) is 37.1 Å². The summed E-state index contributed by atoms with van der Waals surface area (Å²) in [5, 5.41) is 11.9. The SMILES string of the molecule is CC[C@H]1CC[C@@H](Oc2ccc3cc(C(=O)N4C5CCCC4CC(C(=O)O)C5)ccc3c2Cl)CC1. The highest BCUT2D eigenvalue weighted by Crippen LogP contribution is 2.40. The summed E-state index contributed by atoms with van der Waals surface area (Å²) in [5.74, 6) is 0.464. The molecule has 2 bridgehead atoms. The summed E-state index contributed by atoms with van der Waals surface area (Å²) in [7, 11) is 0. The Kier molecular flexibility index (Phi) is 6.74. The van der Waals surface area contributed by atoms with Gasteiger partial charge in [-0.2, -0.15) is 0 Å². The van der Waals surface area contributed by atoms with Crippen LogP contribution >= 0.6 is 11.6 Å². The van der Waals surface area contributed by atoms with E-state index in [1.807, 2.05) is 35.2 Å². The van der Waals surface area contributed by atoms with Crippen LogP contribution in [0.3, 0.4) is 0 Å².